The highest BCUT2D eigenvalue weighted by Crippen LogP contribution is 2.36. The summed E-state index contributed by atoms with van der Waals surface area (Å²) in [5.74, 6) is -3.11. The molecule has 3 saturated heterocycles. The minimum Gasteiger partial charge on any atom is -0.384 e. The molecule has 1 unspecified atom stereocenters. The van der Waals surface area contributed by atoms with Crippen LogP contribution in [0.5, 0.6) is 0 Å². The second-order valence-electron chi connectivity index (χ2n) is 18.2. The van der Waals surface area contributed by atoms with Gasteiger partial charge in [0.25, 0.3) is 17.7 Å². The first-order valence-electron chi connectivity index (χ1n) is 24.2. The molecule has 3 fully saturated rings. The van der Waals surface area contributed by atoms with Crippen LogP contribution in [0.15, 0.2) is 77.7 Å². The fourth-order valence-electron chi connectivity index (χ4n) is 9.53. The van der Waals surface area contributed by atoms with Gasteiger partial charge in [0.15, 0.2) is 0 Å². The highest BCUT2D eigenvalue weighted by molar-refractivity contribution is 6.25. The van der Waals surface area contributed by atoms with Crippen LogP contribution in [0, 0.1) is 0 Å². The van der Waals surface area contributed by atoms with E-state index < -0.39 is 58.4 Å². The Labute approximate surface area is 408 Å². The molecular formula is C51H58F3N9O8. The van der Waals surface area contributed by atoms with E-state index in [1.54, 1.807) is 24.3 Å². The van der Waals surface area contributed by atoms with Crippen molar-refractivity contribution in [3.63, 3.8) is 0 Å². The molecule has 5 heterocycles. The lowest BCUT2D eigenvalue weighted by Gasteiger charge is -2.34. The summed E-state index contributed by atoms with van der Waals surface area (Å²) in [4.78, 5) is 98.1. The molecule has 5 N–H and O–H groups in total. The fraction of sp³-hybridized carbons (Fsp3) is 0.431. The molecule has 17 nitrogen and oxygen atoms in total. The molecule has 1 aromatic heterocycles. The van der Waals surface area contributed by atoms with Crippen molar-refractivity contribution in [3.05, 3.63) is 111 Å². The van der Waals surface area contributed by atoms with Gasteiger partial charge < -0.3 is 30.6 Å². The van der Waals surface area contributed by atoms with Crippen molar-refractivity contribution in [3.8, 4) is 11.1 Å². The van der Waals surface area contributed by atoms with Gasteiger partial charge in [0, 0.05) is 96.2 Å². The number of nitrogens with zero attached hydrogens (tertiary/aromatic N) is 4. The van der Waals surface area contributed by atoms with Crippen molar-refractivity contribution in [2.45, 2.75) is 70.1 Å². The number of carbonyl (C=O) groups is 6. The van der Waals surface area contributed by atoms with Crippen LogP contribution >= 0.6 is 0 Å². The number of aromatic nitrogens is 1. The van der Waals surface area contributed by atoms with E-state index in [9.17, 15) is 46.7 Å². The summed E-state index contributed by atoms with van der Waals surface area (Å²) in [6.45, 7) is 7.99. The molecule has 0 aliphatic carbocycles. The van der Waals surface area contributed by atoms with Crippen LogP contribution in [0.3, 0.4) is 0 Å². The molecule has 0 bridgehead atoms. The second-order valence-corrected chi connectivity index (χ2v) is 18.2. The molecule has 4 aromatic rings. The van der Waals surface area contributed by atoms with Crippen molar-refractivity contribution in [1.29, 1.82) is 0 Å². The molecule has 0 spiro atoms. The number of hydrogen-bond acceptors (Lipinski definition) is 12. The third-order valence-corrected chi connectivity index (χ3v) is 13.3. The Morgan fingerprint density at radius 1 is 0.761 bits per heavy atom. The van der Waals surface area contributed by atoms with Crippen LogP contribution in [0.1, 0.15) is 93.6 Å². The van der Waals surface area contributed by atoms with Gasteiger partial charge in [-0.15, -0.1) is 0 Å². The lowest BCUT2D eigenvalue weighted by molar-refractivity contribution is -0.138. The van der Waals surface area contributed by atoms with Crippen LogP contribution in [-0.4, -0.2) is 133 Å². The third kappa shape index (κ3) is 12.5. The largest absolute Gasteiger partial charge is 0.417 e. The topological polar surface area (TPSA) is 206 Å². The number of nitrogens with one attached hydrogen (secondary N) is 5. The number of fused-ring (bicyclic) bond motifs is 1. The normalized spacial score (nSPS) is 17.8. The number of unbranched alkanes of at least 4 members (excludes halogenated alkanes) is 4. The van der Waals surface area contributed by atoms with Crippen molar-refractivity contribution >= 4 is 52.5 Å². The summed E-state index contributed by atoms with van der Waals surface area (Å²) < 4.78 is 47.1. The zero-order valence-electron chi connectivity index (χ0n) is 39.3. The van der Waals surface area contributed by atoms with Gasteiger partial charge in [0.05, 0.1) is 46.8 Å². The number of amides is 6. The number of piperazine rings is 1. The van der Waals surface area contributed by atoms with E-state index in [4.69, 9.17) is 4.74 Å². The van der Waals surface area contributed by atoms with Crippen molar-refractivity contribution in [2.75, 3.05) is 87.7 Å². The Balaban J connectivity index is 0.732. The van der Waals surface area contributed by atoms with Crippen LogP contribution in [0.2, 0.25) is 0 Å². The number of hydrogen-bond donors (Lipinski definition) is 5. The summed E-state index contributed by atoms with van der Waals surface area (Å²) in [6.07, 6.45) is 0.862. The van der Waals surface area contributed by atoms with Gasteiger partial charge in [0.1, 0.15) is 6.04 Å². The van der Waals surface area contributed by atoms with E-state index in [0.29, 0.717) is 75.5 Å². The van der Waals surface area contributed by atoms with Gasteiger partial charge in [-0.05, 0) is 66.3 Å². The smallest absolute Gasteiger partial charge is 0.384 e. The van der Waals surface area contributed by atoms with E-state index in [1.165, 1.54) is 0 Å². The first-order valence-corrected chi connectivity index (χ1v) is 24.2. The lowest BCUT2D eigenvalue weighted by Crippen LogP contribution is -2.54. The number of imide groups is 2. The van der Waals surface area contributed by atoms with Gasteiger partial charge >= 0.3 is 6.18 Å². The van der Waals surface area contributed by atoms with Gasteiger partial charge in [-0.2, -0.15) is 13.2 Å². The number of morpholine rings is 1. The molecule has 6 amide bonds. The van der Waals surface area contributed by atoms with E-state index in [2.05, 4.69) is 48.2 Å². The molecule has 71 heavy (non-hydrogen) atoms. The van der Waals surface area contributed by atoms with E-state index in [0.717, 1.165) is 92.6 Å². The fourth-order valence-corrected chi connectivity index (χ4v) is 9.53. The maximum absolute atomic E-state index is 13.9. The number of H-pyrrole nitrogens is 1. The first-order chi connectivity index (χ1) is 34.2. The zero-order valence-corrected chi connectivity index (χ0v) is 39.3. The van der Waals surface area contributed by atoms with Gasteiger partial charge in [-0.25, -0.2) is 0 Å². The quantitative estimate of drug-likeness (QED) is 0.0605. The van der Waals surface area contributed by atoms with Gasteiger partial charge in [-0.1, -0.05) is 49.6 Å². The lowest BCUT2D eigenvalue weighted by atomic mass is 10.0. The predicted molar refractivity (Wildman–Crippen MR) is 259 cm³/mol. The van der Waals surface area contributed by atoms with Crippen LogP contribution < -0.4 is 31.7 Å². The minimum absolute atomic E-state index is 0.0308. The molecule has 4 aliphatic rings. The molecule has 4 aliphatic heterocycles. The summed E-state index contributed by atoms with van der Waals surface area (Å²) in [5.41, 5.74) is 1.76. The number of ether oxygens (including phenoxy) is 1. The number of carbonyl (C=O) groups excluding carboxylic acids is 6. The SMILES string of the molecule is O=C(CCCCCCCNc1cccc2c1C(=O)N(C1CCC(=O)NC1=O)C2=O)NCCN1CCN(Cc2cccc(-c3ccc(N4CCOCC4)c(NC(=O)c4c[nH]c(=O)cc4C(F)(F)F)c3)c2)CC1. The highest BCUT2D eigenvalue weighted by Gasteiger charge is 2.45. The Bertz CT molecular complexity index is 2700. The molecule has 20 heteroatoms. The molecule has 8 rings (SSSR count). The number of anilines is 3. The summed E-state index contributed by atoms with van der Waals surface area (Å²) in [5, 5.41) is 11.2. The molecule has 3 aromatic carbocycles. The van der Waals surface area contributed by atoms with Crippen LogP contribution in [0.25, 0.3) is 11.1 Å². The second kappa shape index (κ2) is 22.9. The van der Waals surface area contributed by atoms with Gasteiger partial charge in [0.2, 0.25) is 23.3 Å². The number of halogens is 3. The monoisotopic (exact) mass is 981 g/mol. The molecular weight excluding hydrogens is 924 g/mol. The number of alkyl halides is 3. The number of pyridine rings is 1. The molecule has 376 valence electrons. The van der Waals surface area contributed by atoms with Gasteiger partial charge in [-0.3, -0.25) is 53.6 Å². The molecule has 0 saturated carbocycles. The maximum atomic E-state index is 13.9. The zero-order chi connectivity index (χ0) is 50.1. The molecule has 0 radical (unpaired) electrons. The highest BCUT2D eigenvalue weighted by atomic mass is 19.4. The number of rotatable bonds is 19. The Kier molecular flexibility index (Phi) is 16.3. The third-order valence-electron chi connectivity index (χ3n) is 13.3. The van der Waals surface area contributed by atoms with Crippen molar-refractivity contribution in [1.82, 2.24) is 30.3 Å². The van der Waals surface area contributed by atoms with Crippen molar-refractivity contribution < 1.29 is 46.7 Å². The Hall–Kier alpha value is -6.90. The number of piperidine rings is 1. The summed E-state index contributed by atoms with van der Waals surface area (Å²) in [7, 11) is 0. The first kappa shape index (κ1) is 50.5. The number of benzene rings is 3. The summed E-state index contributed by atoms with van der Waals surface area (Å²) in [6, 6.07) is 18.0. The van der Waals surface area contributed by atoms with E-state index in [-0.39, 0.29) is 29.9 Å². The minimum atomic E-state index is -4.91. The van der Waals surface area contributed by atoms with E-state index >= 15 is 0 Å². The predicted octanol–water partition coefficient (Wildman–Crippen LogP) is 5.24. The van der Waals surface area contributed by atoms with Crippen LogP contribution in [0.4, 0.5) is 30.2 Å². The molecule has 1 atom stereocenters. The average Bonchev–Trinajstić information content (AvgIpc) is 3.61. The standard InChI is InChI=1S/C51H58F3N9O8/c52-51(53,54)38-30-45(66)57-31-37(38)47(67)58-40-29-35(13-14-41(40)62-24-26-71-27-25-62)34-9-6-8-33(28-34)32-61-22-20-60(21-23-61)19-18-56-43(64)12-4-2-1-3-5-17-55-39-11-7-10-36-46(39)50(70)63(49(36)69)42-15-16-44(65)59-48(42)68/h6-11,13-14,28-31,42,55H,1-5,12,15-27,32H2,(H,56,64)(H,57,66)(H,58,67)(H,59,65,68). The average molecular weight is 982 g/mol. The maximum Gasteiger partial charge on any atom is 0.417 e. The number of aromatic amines is 1. The Morgan fingerprint density at radius 2 is 1.49 bits per heavy atom. The van der Waals surface area contributed by atoms with Crippen molar-refractivity contribution in [2.24, 2.45) is 0 Å². The summed E-state index contributed by atoms with van der Waals surface area (Å²) >= 11 is 0. The van der Waals surface area contributed by atoms with Crippen LogP contribution in [-0.2, 0) is 31.8 Å². The van der Waals surface area contributed by atoms with E-state index in [1.807, 2.05) is 29.2 Å². The Morgan fingerprint density at radius 3 is 2.27 bits per heavy atom.